The monoisotopic (exact) mass is 445 g/mol. The lowest BCUT2D eigenvalue weighted by Gasteiger charge is -2.13. The van der Waals surface area contributed by atoms with Gasteiger partial charge in [-0.05, 0) is 59.0 Å². The minimum Gasteiger partial charge on any atom is -0.493 e. The van der Waals surface area contributed by atoms with Crippen LogP contribution >= 0.6 is 34.2 Å². The molecule has 0 atom stereocenters. The second kappa shape index (κ2) is 8.16. The maximum Gasteiger partial charge on any atom is 0.262 e. The molecule has 7 heteroatoms. The third-order valence-corrected chi connectivity index (χ3v) is 3.92. The average molecular weight is 446 g/mol. The van der Waals surface area contributed by atoms with Crippen LogP contribution in [0.3, 0.4) is 0 Å². The van der Waals surface area contributed by atoms with Gasteiger partial charge in [0.05, 0.1) is 10.7 Å². The predicted molar refractivity (Wildman–Crippen MR) is 96.7 cm³/mol. The van der Waals surface area contributed by atoms with Gasteiger partial charge in [-0.2, -0.15) is 0 Å². The van der Waals surface area contributed by atoms with Gasteiger partial charge in [0.15, 0.2) is 18.1 Å². The van der Waals surface area contributed by atoms with E-state index >= 15 is 0 Å². The molecule has 0 aliphatic carbocycles. The highest BCUT2D eigenvalue weighted by Gasteiger charge is 2.13. The van der Waals surface area contributed by atoms with Crippen molar-refractivity contribution in [2.75, 3.05) is 19.0 Å². The fourth-order valence-corrected chi connectivity index (χ4v) is 2.72. The Morgan fingerprint density at radius 3 is 2.61 bits per heavy atom. The van der Waals surface area contributed by atoms with Gasteiger partial charge in [-0.15, -0.1) is 0 Å². The van der Waals surface area contributed by atoms with E-state index in [4.69, 9.17) is 21.1 Å². The van der Waals surface area contributed by atoms with E-state index < -0.39 is 0 Å². The van der Waals surface area contributed by atoms with Gasteiger partial charge in [0.1, 0.15) is 6.29 Å². The zero-order valence-electron chi connectivity index (χ0n) is 12.1. The summed E-state index contributed by atoms with van der Waals surface area (Å²) < 4.78 is 11.4. The Balaban J connectivity index is 2.04. The van der Waals surface area contributed by atoms with Crippen LogP contribution in [0.1, 0.15) is 10.4 Å². The Morgan fingerprint density at radius 2 is 2.00 bits per heavy atom. The van der Waals surface area contributed by atoms with Gasteiger partial charge in [0.2, 0.25) is 0 Å². The fourth-order valence-electron chi connectivity index (χ4n) is 1.82. The fraction of sp³-hybridized carbons (Fsp3) is 0.125. The number of amides is 1. The van der Waals surface area contributed by atoms with Gasteiger partial charge in [-0.25, -0.2) is 0 Å². The van der Waals surface area contributed by atoms with Crippen molar-refractivity contribution in [2.45, 2.75) is 0 Å². The van der Waals surface area contributed by atoms with E-state index in [0.717, 1.165) is 6.29 Å². The maximum absolute atomic E-state index is 11.9. The quantitative estimate of drug-likeness (QED) is 0.543. The highest BCUT2D eigenvalue weighted by Crippen LogP contribution is 2.33. The van der Waals surface area contributed by atoms with Crippen LogP contribution in [-0.2, 0) is 4.79 Å². The summed E-state index contributed by atoms with van der Waals surface area (Å²) in [5.41, 5.74) is 1.10. The van der Waals surface area contributed by atoms with Gasteiger partial charge >= 0.3 is 0 Å². The molecular formula is C16H13ClINO4. The summed E-state index contributed by atoms with van der Waals surface area (Å²) in [5.74, 6) is 0.507. The number of carbonyl (C=O) groups excluding carboxylic acids is 2. The van der Waals surface area contributed by atoms with Gasteiger partial charge < -0.3 is 14.8 Å². The summed E-state index contributed by atoms with van der Waals surface area (Å²) in [4.78, 5) is 22.8. The van der Waals surface area contributed by atoms with Crippen molar-refractivity contribution in [3.05, 3.63) is 50.6 Å². The van der Waals surface area contributed by atoms with Crippen LogP contribution in [0.15, 0.2) is 36.4 Å². The largest absolute Gasteiger partial charge is 0.493 e. The molecule has 0 saturated carbocycles. The number of methoxy groups -OCH3 is 1. The van der Waals surface area contributed by atoms with Crippen molar-refractivity contribution in [3.63, 3.8) is 0 Å². The van der Waals surface area contributed by atoms with Crippen LogP contribution in [0.5, 0.6) is 11.5 Å². The molecule has 0 unspecified atom stereocenters. The zero-order chi connectivity index (χ0) is 16.8. The second-order valence-corrected chi connectivity index (χ2v) is 6.09. The van der Waals surface area contributed by atoms with E-state index in [1.54, 1.807) is 36.4 Å². The number of hydrogen-bond donors (Lipinski definition) is 1. The average Bonchev–Trinajstić information content (AvgIpc) is 2.55. The lowest BCUT2D eigenvalue weighted by molar-refractivity contribution is -0.118. The predicted octanol–water partition coefficient (Wildman–Crippen LogP) is 3.78. The van der Waals surface area contributed by atoms with E-state index in [9.17, 15) is 9.59 Å². The molecule has 2 rings (SSSR count). The molecule has 2 aromatic rings. The van der Waals surface area contributed by atoms with Crippen molar-refractivity contribution in [1.82, 2.24) is 0 Å². The lowest BCUT2D eigenvalue weighted by atomic mass is 10.2. The molecule has 1 amide bonds. The molecule has 1 N–H and O–H groups in total. The first kappa shape index (κ1) is 17.6. The van der Waals surface area contributed by atoms with Crippen LogP contribution in [0.2, 0.25) is 5.02 Å². The Labute approximate surface area is 152 Å². The highest BCUT2D eigenvalue weighted by molar-refractivity contribution is 14.1. The summed E-state index contributed by atoms with van der Waals surface area (Å²) in [6.07, 6.45) is 0.724. The minimum absolute atomic E-state index is 0.185. The SMILES string of the molecule is COc1cc(C=O)cc(I)c1OCC(=O)Nc1ccc(Cl)cc1. The summed E-state index contributed by atoms with van der Waals surface area (Å²) in [5, 5.41) is 3.29. The standard InChI is InChI=1S/C16H13ClINO4/c1-22-14-7-10(8-20)6-13(18)16(14)23-9-15(21)19-12-4-2-11(17)3-5-12/h2-8H,9H2,1H3,(H,19,21). The third kappa shape index (κ3) is 4.84. The molecule has 2 aromatic carbocycles. The molecule has 0 spiro atoms. The molecular weight excluding hydrogens is 433 g/mol. The van der Waals surface area contributed by atoms with Crippen molar-refractivity contribution in [2.24, 2.45) is 0 Å². The van der Waals surface area contributed by atoms with Crippen molar-refractivity contribution >= 4 is 52.1 Å². The summed E-state index contributed by atoms with van der Waals surface area (Å²) >= 11 is 7.81. The number of anilines is 1. The van der Waals surface area contributed by atoms with E-state index in [-0.39, 0.29) is 12.5 Å². The van der Waals surface area contributed by atoms with E-state index in [1.807, 2.05) is 22.6 Å². The van der Waals surface area contributed by atoms with Crippen LogP contribution in [0, 0.1) is 3.57 Å². The summed E-state index contributed by atoms with van der Waals surface area (Å²) in [6, 6.07) is 9.97. The molecule has 0 radical (unpaired) electrons. The third-order valence-electron chi connectivity index (χ3n) is 2.86. The molecule has 0 saturated heterocycles. The van der Waals surface area contributed by atoms with E-state index in [0.29, 0.717) is 31.3 Å². The maximum atomic E-state index is 11.9. The number of ether oxygens (including phenoxy) is 2. The summed E-state index contributed by atoms with van der Waals surface area (Å²) in [6.45, 7) is -0.185. The first-order chi connectivity index (χ1) is 11.0. The Morgan fingerprint density at radius 1 is 1.30 bits per heavy atom. The first-order valence-corrected chi connectivity index (χ1v) is 8.00. The normalized spacial score (nSPS) is 10.0. The molecule has 0 bridgehead atoms. The minimum atomic E-state index is -0.315. The Hall–Kier alpha value is -1.80. The van der Waals surface area contributed by atoms with Crippen LogP contribution < -0.4 is 14.8 Å². The van der Waals surface area contributed by atoms with Crippen LogP contribution in [-0.4, -0.2) is 25.9 Å². The Bertz CT molecular complexity index is 719. The molecule has 0 heterocycles. The molecule has 120 valence electrons. The molecule has 0 fully saturated rings. The smallest absolute Gasteiger partial charge is 0.262 e. The Kier molecular flexibility index (Phi) is 6.23. The topological polar surface area (TPSA) is 64.6 Å². The molecule has 0 aliphatic heterocycles. The van der Waals surface area contributed by atoms with Gasteiger partial charge in [-0.1, -0.05) is 11.6 Å². The molecule has 0 aliphatic rings. The van der Waals surface area contributed by atoms with Crippen molar-refractivity contribution in [3.8, 4) is 11.5 Å². The lowest BCUT2D eigenvalue weighted by Crippen LogP contribution is -2.20. The number of hydrogen-bond acceptors (Lipinski definition) is 4. The number of halogens is 2. The van der Waals surface area contributed by atoms with Crippen molar-refractivity contribution < 1.29 is 19.1 Å². The van der Waals surface area contributed by atoms with Gasteiger partial charge in [0, 0.05) is 16.3 Å². The highest BCUT2D eigenvalue weighted by atomic mass is 127. The molecule has 0 aromatic heterocycles. The first-order valence-electron chi connectivity index (χ1n) is 6.54. The molecule has 23 heavy (non-hydrogen) atoms. The second-order valence-electron chi connectivity index (χ2n) is 4.50. The van der Waals surface area contributed by atoms with Gasteiger partial charge in [-0.3, -0.25) is 9.59 Å². The van der Waals surface area contributed by atoms with E-state index in [1.165, 1.54) is 7.11 Å². The van der Waals surface area contributed by atoms with E-state index in [2.05, 4.69) is 5.32 Å². The molecule has 5 nitrogen and oxygen atoms in total. The number of rotatable bonds is 6. The van der Waals surface area contributed by atoms with Gasteiger partial charge in [0.25, 0.3) is 5.91 Å². The van der Waals surface area contributed by atoms with Crippen molar-refractivity contribution in [1.29, 1.82) is 0 Å². The summed E-state index contributed by atoms with van der Waals surface area (Å²) in [7, 11) is 1.47. The zero-order valence-corrected chi connectivity index (χ0v) is 15.1. The van der Waals surface area contributed by atoms with Crippen LogP contribution in [0.25, 0.3) is 0 Å². The number of carbonyl (C=O) groups is 2. The van der Waals surface area contributed by atoms with Crippen LogP contribution in [0.4, 0.5) is 5.69 Å². The number of nitrogens with one attached hydrogen (secondary N) is 1. The number of aldehydes is 1. The number of benzene rings is 2.